The fraction of sp³-hybridized carbons (Fsp3) is 0.217. The van der Waals surface area contributed by atoms with Crippen molar-refractivity contribution in [1.29, 1.82) is 0 Å². The molecule has 2 aromatic carbocycles. The SMILES string of the molecule is [2H]c1c(C)c([2H])c(-c2c(C)ccc3c2oc2c(C)cc([N+]#[C-])cc23)[n+](C)c1C. The molecule has 0 radical (unpaired) electrons. The zero-order valence-electron chi connectivity index (χ0n) is 17.6. The third-order valence-electron chi connectivity index (χ3n) is 5.00. The summed E-state index contributed by atoms with van der Waals surface area (Å²) in [4.78, 5) is 3.58. The lowest BCUT2D eigenvalue weighted by atomic mass is 9.99. The van der Waals surface area contributed by atoms with Gasteiger partial charge in [-0.2, -0.15) is 4.57 Å². The first-order chi connectivity index (χ1) is 13.3. The molecule has 2 heterocycles. The summed E-state index contributed by atoms with van der Waals surface area (Å²) in [5.41, 5.74) is 7.10. The highest BCUT2D eigenvalue weighted by atomic mass is 16.3. The van der Waals surface area contributed by atoms with E-state index in [9.17, 15) is 0 Å². The Balaban J connectivity index is 2.21. The highest BCUT2D eigenvalue weighted by molar-refractivity contribution is 6.11. The minimum atomic E-state index is 0.340. The molecule has 26 heavy (non-hydrogen) atoms. The maximum absolute atomic E-state index is 8.70. The maximum Gasteiger partial charge on any atom is 0.216 e. The predicted octanol–water partition coefficient (Wildman–Crippen LogP) is 5.86. The Kier molecular flexibility index (Phi) is 3.09. The van der Waals surface area contributed by atoms with E-state index in [1.54, 1.807) is 0 Å². The van der Waals surface area contributed by atoms with Gasteiger partial charge in [0.25, 0.3) is 0 Å². The van der Waals surface area contributed by atoms with Crippen LogP contribution in [0.5, 0.6) is 0 Å². The fourth-order valence-electron chi connectivity index (χ4n) is 3.60. The molecule has 0 aliphatic carbocycles. The normalized spacial score (nSPS) is 12.3. The van der Waals surface area contributed by atoms with Crippen LogP contribution in [0.15, 0.2) is 40.8 Å². The summed E-state index contributed by atoms with van der Waals surface area (Å²) < 4.78 is 25.2. The molecular weight excluding hydrogens is 320 g/mol. The molecular formula is C23H21N2O+. The first kappa shape index (κ1) is 14.1. The third kappa shape index (κ3) is 2.30. The maximum atomic E-state index is 8.70. The lowest BCUT2D eigenvalue weighted by molar-refractivity contribution is -0.666. The summed E-state index contributed by atoms with van der Waals surface area (Å²) >= 11 is 0. The Morgan fingerprint density at radius 2 is 1.77 bits per heavy atom. The van der Waals surface area contributed by atoms with Gasteiger partial charge < -0.3 is 4.42 Å². The number of aromatic nitrogens is 1. The van der Waals surface area contributed by atoms with Gasteiger partial charge in [-0.15, -0.1) is 0 Å². The van der Waals surface area contributed by atoms with E-state index in [0.717, 1.165) is 50.0 Å². The Morgan fingerprint density at radius 1 is 1.00 bits per heavy atom. The summed E-state index contributed by atoms with van der Waals surface area (Å²) in [6.07, 6.45) is 0. The number of hydrogen-bond donors (Lipinski definition) is 0. The Bertz CT molecular complexity index is 1310. The highest BCUT2D eigenvalue weighted by Gasteiger charge is 2.22. The molecule has 0 N–H and O–H groups in total. The van der Waals surface area contributed by atoms with Crippen LogP contribution in [-0.4, -0.2) is 0 Å². The largest absolute Gasteiger partial charge is 0.455 e. The molecule has 0 bridgehead atoms. The second-order valence-corrected chi connectivity index (χ2v) is 6.86. The summed E-state index contributed by atoms with van der Waals surface area (Å²) in [5, 5.41) is 1.86. The second-order valence-electron chi connectivity index (χ2n) is 6.86. The van der Waals surface area contributed by atoms with Crippen molar-refractivity contribution in [3.8, 4) is 11.3 Å². The van der Waals surface area contributed by atoms with Gasteiger partial charge in [-0.05, 0) is 49.6 Å². The van der Waals surface area contributed by atoms with Crippen LogP contribution in [0.2, 0.25) is 0 Å². The van der Waals surface area contributed by atoms with Crippen LogP contribution in [0.1, 0.15) is 25.1 Å². The van der Waals surface area contributed by atoms with E-state index < -0.39 is 0 Å². The van der Waals surface area contributed by atoms with E-state index in [0.29, 0.717) is 23.3 Å². The van der Waals surface area contributed by atoms with Crippen molar-refractivity contribution in [3.63, 3.8) is 0 Å². The van der Waals surface area contributed by atoms with Crippen molar-refractivity contribution < 1.29 is 11.7 Å². The zero-order chi connectivity index (χ0) is 20.3. The second kappa shape index (κ2) is 5.71. The molecule has 3 heteroatoms. The highest BCUT2D eigenvalue weighted by Crippen LogP contribution is 2.39. The molecule has 0 saturated heterocycles. The number of pyridine rings is 1. The molecule has 0 unspecified atom stereocenters. The average Bonchev–Trinajstić information content (AvgIpc) is 3.05. The van der Waals surface area contributed by atoms with Gasteiger partial charge in [0, 0.05) is 29.8 Å². The average molecular weight is 343 g/mol. The summed E-state index contributed by atoms with van der Waals surface area (Å²) in [5.74, 6) is 0. The van der Waals surface area contributed by atoms with E-state index in [1.807, 2.05) is 63.6 Å². The van der Waals surface area contributed by atoms with Gasteiger partial charge in [0.2, 0.25) is 5.69 Å². The lowest BCUT2D eigenvalue weighted by Gasteiger charge is -2.08. The minimum Gasteiger partial charge on any atom is -0.455 e. The van der Waals surface area contributed by atoms with Crippen molar-refractivity contribution in [2.75, 3.05) is 0 Å². The third-order valence-corrected chi connectivity index (χ3v) is 5.00. The number of nitrogens with zero attached hydrogens (tertiary/aromatic N) is 2. The van der Waals surface area contributed by atoms with Crippen LogP contribution in [0, 0.1) is 34.3 Å². The first-order valence-electron chi connectivity index (χ1n) is 9.57. The van der Waals surface area contributed by atoms with Gasteiger partial charge in [-0.25, -0.2) is 4.85 Å². The minimum absolute atomic E-state index is 0.340. The van der Waals surface area contributed by atoms with Crippen molar-refractivity contribution in [2.24, 2.45) is 7.05 Å². The Morgan fingerprint density at radius 3 is 2.50 bits per heavy atom. The van der Waals surface area contributed by atoms with E-state index in [2.05, 4.69) is 4.85 Å². The van der Waals surface area contributed by atoms with E-state index in [4.69, 9.17) is 13.7 Å². The monoisotopic (exact) mass is 343 g/mol. The number of aryl methyl sites for hydroxylation is 2. The molecule has 0 atom stereocenters. The van der Waals surface area contributed by atoms with Crippen molar-refractivity contribution in [1.82, 2.24) is 0 Å². The van der Waals surface area contributed by atoms with Crippen LogP contribution >= 0.6 is 0 Å². The molecule has 4 aromatic rings. The van der Waals surface area contributed by atoms with Crippen LogP contribution in [-0.2, 0) is 7.05 Å². The van der Waals surface area contributed by atoms with Gasteiger partial charge in [0.05, 0.1) is 14.9 Å². The predicted molar refractivity (Wildman–Crippen MR) is 106 cm³/mol. The van der Waals surface area contributed by atoms with Crippen molar-refractivity contribution in [3.05, 3.63) is 70.2 Å². The Labute approximate surface area is 156 Å². The molecule has 0 saturated carbocycles. The van der Waals surface area contributed by atoms with E-state index in [-0.39, 0.29) is 0 Å². The molecule has 128 valence electrons. The number of furan rings is 1. The molecule has 4 rings (SSSR count). The van der Waals surface area contributed by atoms with Crippen LogP contribution in [0.3, 0.4) is 0 Å². The number of fused-ring (bicyclic) bond motifs is 3. The molecule has 0 aliphatic heterocycles. The molecule has 3 nitrogen and oxygen atoms in total. The molecule has 0 fully saturated rings. The van der Waals surface area contributed by atoms with Gasteiger partial charge in [-0.1, -0.05) is 12.1 Å². The van der Waals surface area contributed by atoms with Crippen molar-refractivity contribution in [2.45, 2.75) is 27.7 Å². The standard InChI is InChI=1S/C23H21N2O/c1-13-9-16(4)25(6)20(10-13)21-14(2)7-8-18-19-12-17(24-5)11-15(3)22(19)26-23(18)21/h7-12H,1-4,6H3/q+1/i9D,10D. The van der Waals surface area contributed by atoms with E-state index >= 15 is 0 Å². The zero-order valence-corrected chi connectivity index (χ0v) is 15.6. The van der Waals surface area contributed by atoms with Crippen LogP contribution in [0.4, 0.5) is 5.69 Å². The fourth-order valence-corrected chi connectivity index (χ4v) is 3.60. The number of benzene rings is 2. The lowest BCUT2D eigenvalue weighted by Crippen LogP contribution is -2.35. The first-order valence-corrected chi connectivity index (χ1v) is 8.57. The van der Waals surface area contributed by atoms with Gasteiger partial charge >= 0.3 is 0 Å². The van der Waals surface area contributed by atoms with E-state index in [1.165, 1.54) is 0 Å². The van der Waals surface area contributed by atoms with Gasteiger partial charge in [0.1, 0.15) is 18.2 Å². The number of hydrogen-bond acceptors (Lipinski definition) is 1. The molecule has 0 amide bonds. The van der Waals surface area contributed by atoms with Gasteiger partial charge in [-0.3, -0.25) is 0 Å². The summed E-state index contributed by atoms with van der Waals surface area (Å²) in [6, 6.07) is 8.49. The van der Waals surface area contributed by atoms with Crippen LogP contribution < -0.4 is 4.57 Å². The molecule has 2 aromatic heterocycles. The molecule has 0 spiro atoms. The van der Waals surface area contributed by atoms with Crippen LogP contribution in [0.25, 0.3) is 38.0 Å². The van der Waals surface area contributed by atoms with Gasteiger partial charge in [0.15, 0.2) is 11.4 Å². The smallest absolute Gasteiger partial charge is 0.216 e. The number of rotatable bonds is 1. The summed E-state index contributed by atoms with van der Waals surface area (Å²) in [7, 11) is 1.89. The summed E-state index contributed by atoms with van der Waals surface area (Å²) in [6.45, 7) is 15.0. The Hall–Kier alpha value is -3.12. The molecule has 0 aliphatic rings. The topological polar surface area (TPSA) is 21.4 Å². The quantitative estimate of drug-likeness (QED) is 0.313. The van der Waals surface area contributed by atoms with Crippen molar-refractivity contribution >= 4 is 27.6 Å².